The highest BCUT2D eigenvalue weighted by molar-refractivity contribution is 7.99. The summed E-state index contributed by atoms with van der Waals surface area (Å²) in [7, 11) is -3.92. The third-order valence-corrected chi connectivity index (χ3v) is 2.72. The van der Waals surface area contributed by atoms with Crippen LogP contribution < -0.4 is 0 Å². The van der Waals surface area contributed by atoms with Gasteiger partial charge in [-0.05, 0) is 18.6 Å². The summed E-state index contributed by atoms with van der Waals surface area (Å²) in [6, 6.07) is 0. The fraction of sp³-hybridized carbons (Fsp3) is 0.750. The molecule has 4 nitrogen and oxygen atoms in total. The zero-order valence-electron chi connectivity index (χ0n) is 5.27. The van der Waals surface area contributed by atoms with E-state index in [0.717, 1.165) is 0 Å². The first-order valence-electron chi connectivity index (χ1n) is 2.70. The van der Waals surface area contributed by atoms with Crippen molar-refractivity contribution in [1.82, 2.24) is 0 Å². The minimum atomic E-state index is -3.92. The maximum absolute atomic E-state index is 8.51. The molecule has 0 amide bonds. The Balaban J connectivity index is 3.64. The van der Waals surface area contributed by atoms with E-state index in [4.69, 9.17) is 19.8 Å². The number of aliphatic hydroxyl groups is 1. The normalized spacial score (nSPS) is 11.6. The van der Waals surface area contributed by atoms with Crippen molar-refractivity contribution in [1.29, 1.82) is 0 Å². The van der Waals surface area contributed by atoms with Crippen molar-refractivity contribution in [2.24, 2.45) is 0 Å². The first-order chi connectivity index (χ1) is 4.48. The highest BCUT2D eigenvalue weighted by Gasteiger charge is 2.36. The summed E-state index contributed by atoms with van der Waals surface area (Å²) >= 11 is 4.45. The summed E-state index contributed by atoms with van der Waals surface area (Å²) in [5.41, 5.74) is 0. The molecule has 6 heteroatoms. The van der Waals surface area contributed by atoms with Crippen LogP contribution in [0.4, 0.5) is 0 Å². The van der Waals surface area contributed by atoms with Gasteiger partial charge in [-0.3, -0.25) is 0 Å². The van der Waals surface area contributed by atoms with Crippen LogP contribution in [0.5, 0.6) is 0 Å². The van der Waals surface area contributed by atoms with Crippen LogP contribution in [0.15, 0.2) is 0 Å². The molecule has 60 valence electrons. The van der Waals surface area contributed by atoms with Gasteiger partial charge < -0.3 is 5.11 Å². The SMILES string of the molecule is OCCCC(=S)[P+](O)(O)O. The van der Waals surface area contributed by atoms with Crippen LogP contribution >= 0.6 is 20.2 Å². The number of hydrogen-bond acceptors (Lipinski definition) is 5. The molecular weight excluding hydrogens is 175 g/mol. The Bertz CT molecular complexity index is 121. The summed E-state index contributed by atoms with van der Waals surface area (Å²) < 4.78 is -0.165. The maximum Gasteiger partial charge on any atom is 0.448 e. The highest BCUT2D eigenvalue weighted by atomic mass is 32.1. The smallest absolute Gasteiger partial charge is 0.396 e. The van der Waals surface area contributed by atoms with E-state index in [9.17, 15) is 0 Å². The quantitative estimate of drug-likeness (QED) is 0.361. The van der Waals surface area contributed by atoms with E-state index in [0.29, 0.717) is 6.42 Å². The molecule has 10 heavy (non-hydrogen) atoms. The molecule has 0 aliphatic carbocycles. The number of rotatable bonds is 4. The Labute approximate surface area is 64.7 Å². The predicted molar refractivity (Wildman–Crippen MR) is 42.5 cm³/mol. The summed E-state index contributed by atoms with van der Waals surface area (Å²) in [6.07, 6.45) is 0.519. The second kappa shape index (κ2) is 4.28. The van der Waals surface area contributed by atoms with Crippen LogP contribution in [0.1, 0.15) is 12.8 Å². The molecule has 0 aromatic carbocycles. The molecule has 0 heterocycles. The molecule has 0 unspecified atom stereocenters. The fourth-order valence-electron chi connectivity index (χ4n) is 0.380. The largest absolute Gasteiger partial charge is 0.448 e. The molecular formula is C4H10O4PS+. The number of aliphatic hydroxyl groups excluding tert-OH is 1. The van der Waals surface area contributed by atoms with Gasteiger partial charge in [0, 0.05) is 13.0 Å². The molecule has 0 aliphatic heterocycles. The highest BCUT2D eigenvalue weighted by Crippen LogP contribution is 2.47. The zero-order valence-corrected chi connectivity index (χ0v) is 6.98. The minimum Gasteiger partial charge on any atom is -0.396 e. The topological polar surface area (TPSA) is 80.9 Å². The van der Waals surface area contributed by atoms with Gasteiger partial charge in [-0.1, -0.05) is 0 Å². The number of thiocarbonyl (C=S) groups is 1. The molecule has 0 aromatic heterocycles. The van der Waals surface area contributed by atoms with E-state index in [1.165, 1.54) is 0 Å². The monoisotopic (exact) mass is 185 g/mol. The lowest BCUT2D eigenvalue weighted by molar-refractivity contribution is 0.291. The molecule has 0 aliphatic rings. The third kappa shape index (κ3) is 4.22. The molecule has 0 saturated heterocycles. The van der Waals surface area contributed by atoms with E-state index < -0.39 is 7.94 Å². The van der Waals surface area contributed by atoms with E-state index in [1.54, 1.807) is 0 Å². The molecule has 0 saturated carbocycles. The van der Waals surface area contributed by atoms with Gasteiger partial charge in [0.05, 0.1) is 0 Å². The molecule has 0 rings (SSSR count). The Morgan fingerprint density at radius 3 is 2.10 bits per heavy atom. The van der Waals surface area contributed by atoms with E-state index in [2.05, 4.69) is 12.2 Å². The lowest BCUT2D eigenvalue weighted by atomic mass is 10.4. The zero-order chi connectivity index (χ0) is 8.20. The summed E-state index contributed by atoms with van der Waals surface area (Å²) in [6.45, 7) is -0.0693. The molecule has 0 atom stereocenters. The molecule has 4 N–H and O–H groups in total. The van der Waals surface area contributed by atoms with Gasteiger partial charge in [0.1, 0.15) is 0 Å². The Kier molecular flexibility index (Phi) is 4.44. The van der Waals surface area contributed by atoms with Crippen molar-refractivity contribution in [3.63, 3.8) is 0 Å². The lowest BCUT2D eigenvalue weighted by Crippen LogP contribution is -2.02. The molecule has 0 fully saturated rings. The molecule has 0 aromatic rings. The van der Waals surface area contributed by atoms with Gasteiger partial charge >= 0.3 is 7.94 Å². The van der Waals surface area contributed by atoms with Gasteiger partial charge in [0.25, 0.3) is 0 Å². The standard InChI is InChI=1S/C4H10O4PS/c5-3-1-2-4(10)9(6,7)8/h5-8H,1-3H2/q+1. The van der Waals surface area contributed by atoms with Crippen LogP contribution in [-0.4, -0.2) is 31.0 Å². The van der Waals surface area contributed by atoms with Crippen LogP contribution in [0, 0.1) is 0 Å². The number of hydrogen-bond donors (Lipinski definition) is 4. The third-order valence-electron chi connectivity index (χ3n) is 0.883. The summed E-state index contributed by atoms with van der Waals surface area (Å²) in [5, 5.41) is 8.29. The van der Waals surface area contributed by atoms with Crippen LogP contribution in [-0.2, 0) is 0 Å². The second-order valence-corrected chi connectivity index (χ2v) is 4.26. The van der Waals surface area contributed by atoms with Gasteiger partial charge in [-0.25, -0.2) is 0 Å². The maximum atomic E-state index is 8.51. The summed E-state index contributed by atoms with van der Waals surface area (Å²) in [5.74, 6) is 0. The minimum absolute atomic E-state index is 0.0693. The Hall–Kier alpha value is 0.360. The van der Waals surface area contributed by atoms with Gasteiger partial charge in [0.2, 0.25) is 4.61 Å². The average Bonchev–Trinajstić information content (AvgIpc) is 1.80. The van der Waals surface area contributed by atoms with Crippen molar-refractivity contribution in [3.05, 3.63) is 0 Å². The van der Waals surface area contributed by atoms with Crippen molar-refractivity contribution in [2.45, 2.75) is 12.8 Å². The van der Waals surface area contributed by atoms with Crippen LogP contribution in [0.3, 0.4) is 0 Å². The van der Waals surface area contributed by atoms with Gasteiger partial charge in [0.15, 0.2) is 0 Å². The van der Waals surface area contributed by atoms with E-state index in [-0.39, 0.29) is 17.6 Å². The molecule has 0 spiro atoms. The van der Waals surface area contributed by atoms with E-state index in [1.807, 2.05) is 0 Å². The lowest BCUT2D eigenvalue weighted by Gasteiger charge is -2.02. The van der Waals surface area contributed by atoms with Crippen molar-refractivity contribution in [3.8, 4) is 0 Å². The Morgan fingerprint density at radius 2 is 1.80 bits per heavy atom. The second-order valence-electron chi connectivity index (χ2n) is 1.79. The van der Waals surface area contributed by atoms with Crippen LogP contribution in [0.25, 0.3) is 0 Å². The first-order valence-corrected chi connectivity index (χ1v) is 4.75. The van der Waals surface area contributed by atoms with Crippen molar-refractivity contribution >= 4 is 24.8 Å². The van der Waals surface area contributed by atoms with Crippen molar-refractivity contribution < 1.29 is 19.8 Å². The summed E-state index contributed by atoms with van der Waals surface area (Å²) in [4.78, 5) is 25.5. The van der Waals surface area contributed by atoms with Gasteiger partial charge in [-0.15, -0.1) is 0 Å². The predicted octanol–water partition coefficient (Wildman–Crippen LogP) is -0.174. The average molecular weight is 185 g/mol. The molecule has 0 bridgehead atoms. The van der Waals surface area contributed by atoms with E-state index >= 15 is 0 Å². The Morgan fingerprint density at radius 1 is 1.30 bits per heavy atom. The van der Waals surface area contributed by atoms with Gasteiger partial charge in [-0.2, -0.15) is 14.7 Å². The molecule has 0 radical (unpaired) electrons. The van der Waals surface area contributed by atoms with Crippen molar-refractivity contribution in [2.75, 3.05) is 6.61 Å². The van der Waals surface area contributed by atoms with Crippen LogP contribution in [0.2, 0.25) is 0 Å². The fourth-order valence-corrected chi connectivity index (χ4v) is 0.983. The first kappa shape index (κ1) is 10.4.